The molecule has 0 aliphatic carbocycles. The summed E-state index contributed by atoms with van der Waals surface area (Å²) in [7, 11) is 1.70. The van der Waals surface area contributed by atoms with Crippen molar-refractivity contribution >= 4 is 17.8 Å². The quantitative estimate of drug-likeness (QED) is 0.702. The summed E-state index contributed by atoms with van der Waals surface area (Å²) >= 11 is 0. The van der Waals surface area contributed by atoms with Gasteiger partial charge in [-0.1, -0.05) is 6.07 Å². The molecule has 0 radical (unpaired) electrons. The number of benzene rings is 1. The Morgan fingerprint density at radius 2 is 1.91 bits per heavy atom. The zero-order valence-corrected chi connectivity index (χ0v) is 17.8. The predicted molar refractivity (Wildman–Crippen MR) is 108 cm³/mol. The van der Waals surface area contributed by atoms with Crippen LogP contribution in [0.25, 0.3) is 0 Å². The number of anilines is 1. The normalized spacial score (nSPS) is 17.2. The minimum Gasteiger partial charge on any atom is -0.348 e. The number of aromatic nitrogens is 2. The molecule has 1 aliphatic heterocycles. The second-order valence-corrected chi connectivity index (χ2v) is 7.72. The van der Waals surface area contributed by atoms with Crippen molar-refractivity contribution in [3.63, 3.8) is 0 Å². The number of alkyl halides is 3. The number of carbonyl (C=O) groups excluding carboxylic acids is 2. The molecule has 3 rings (SSSR count). The maximum absolute atomic E-state index is 14.2. The van der Waals surface area contributed by atoms with E-state index in [1.807, 2.05) is 0 Å². The van der Waals surface area contributed by atoms with Gasteiger partial charge in [0.2, 0.25) is 11.9 Å². The highest BCUT2D eigenvalue weighted by molar-refractivity contribution is 5.94. The highest BCUT2D eigenvalue weighted by Gasteiger charge is 2.32. The number of amides is 2. The Morgan fingerprint density at radius 3 is 2.47 bits per heavy atom. The van der Waals surface area contributed by atoms with Crippen LogP contribution in [-0.4, -0.2) is 57.8 Å². The second-order valence-electron chi connectivity index (χ2n) is 7.72. The summed E-state index contributed by atoms with van der Waals surface area (Å²) in [4.78, 5) is 35.6. The number of likely N-dealkylation sites (N-methyl/N-ethyl adjacent to an activating group) is 1. The van der Waals surface area contributed by atoms with E-state index in [0.717, 1.165) is 12.1 Å². The van der Waals surface area contributed by atoms with Gasteiger partial charge in [-0.3, -0.25) is 9.59 Å². The number of halogens is 4. The van der Waals surface area contributed by atoms with E-state index in [4.69, 9.17) is 0 Å². The van der Waals surface area contributed by atoms with E-state index in [0.29, 0.717) is 25.6 Å². The number of nitrogens with one attached hydrogen (secondary N) is 1. The molecule has 2 amide bonds. The Labute approximate surface area is 182 Å². The number of hydrogen-bond acceptors (Lipinski definition) is 5. The zero-order valence-electron chi connectivity index (χ0n) is 17.8. The van der Waals surface area contributed by atoms with Crippen LogP contribution in [0.1, 0.15) is 47.8 Å². The van der Waals surface area contributed by atoms with E-state index in [1.165, 1.54) is 19.3 Å². The lowest BCUT2D eigenvalue weighted by molar-refractivity contribution is -0.137. The Hall–Kier alpha value is -3.24. The smallest absolute Gasteiger partial charge is 0.348 e. The molecule has 7 nitrogen and oxygen atoms in total. The van der Waals surface area contributed by atoms with Gasteiger partial charge in [0.25, 0.3) is 5.91 Å². The highest BCUT2D eigenvalue weighted by atomic mass is 19.4. The maximum atomic E-state index is 14.2. The Kier molecular flexibility index (Phi) is 6.65. The van der Waals surface area contributed by atoms with Crippen molar-refractivity contribution < 1.29 is 27.2 Å². The lowest BCUT2D eigenvalue weighted by Crippen LogP contribution is -2.39. The SMILES string of the molecule is CC(=O)N(C)[C@H]1CCN(C(=O)c2cnc(N[C@H](C)c3ccc(C(F)(F)F)cc3F)nc2)C1. The molecule has 0 unspecified atom stereocenters. The van der Waals surface area contributed by atoms with Gasteiger partial charge in [0.15, 0.2) is 0 Å². The Morgan fingerprint density at radius 1 is 1.25 bits per heavy atom. The standard InChI is InChI=1S/C21H23F4N5O2/c1-12(17-5-4-15(8-18(17)22)21(23,24)25)28-20-26-9-14(10-27-20)19(32)30-7-6-16(11-30)29(3)13(2)31/h4-5,8-10,12,16H,6-7,11H2,1-3H3,(H,26,27,28)/t12-,16+/m1/s1. The van der Waals surface area contributed by atoms with Gasteiger partial charge >= 0.3 is 6.18 Å². The second kappa shape index (κ2) is 9.09. The van der Waals surface area contributed by atoms with Crippen molar-refractivity contribution in [1.29, 1.82) is 0 Å². The predicted octanol–water partition coefficient (Wildman–Crippen LogP) is 3.50. The third-order valence-electron chi connectivity index (χ3n) is 5.53. The van der Waals surface area contributed by atoms with Gasteiger partial charge < -0.3 is 15.1 Å². The lowest BCUT2D eigenvalue weighted by Gasteiger charge is -2.23. The topological polar surface area (TPSA) is 78.4 Å². The van der Waals surface area contributed by atoms with E-state index in [1.54, 1.807) is 23.8 Å². The van der Waals surface area contributed by atoms with Gasteiger partial charge in [-0.2, -0.15) is 13.2 Å². The first-order chi connectivity index (χ1) is 15.0. The number of carbonyl (C=O) groups is 2. The number of nitrogens with zero attached hydrogens (tertiary/aromatic N) is 4. The molecule has 1 aromatic carbocycles. The Balaban J connectivity index is 1.64. The molecule has 2 atom stereocenters. The molecule has 1 saturated heterocycles. The molecular formula is C21H23F4N5O2. The van der Waals surface area contributed by atoms with Crippen LogP contribution in [-0.2, 0) is 11.0 Å². The summed E-state index contributed by atoms with van der Waals surface area (Å²) in [5.41, 5.74) is -0.779. The average Bonchev–Trinajstić information content (AvgIpc) is 3.22. The monoisotopic (exact) mass is 453 g/mol. The first-order valence-electron chi connectivity index (χ1n) is 9.95. The highest BCUT2D eigenvalue weighted by Crippen LogP contribution is 2.31. The summed E-state index contributed by atoms with van der Waals surface area (Å²) in [6, 6.07) is 1.57. The van der Waals surface area contributed by atoms with Gasteiger partial charge in [0.1, 0.15) is 5.82 Å². The third-order valence-corrected chi connectivity index (χ3v) is 5.53. The number of hydrogen-bond donors (Lipinski definition) is 1. The van der Waals surface area contributed by atoms with Crippen LogP contribution in [0.3, 0.4) is 0 Å². The van der Waals surface area contributed by atoms with E-state index in [9.17, 15) is 27.2 Å². The van der Waals surface area contributed by atoms with Crippen LogP contribution in [0, 0.1) is 5.82 Å². The minimum atomic E-state index is -4.63. The van der Waals surface area contributed by atoms with Crippen LogP contribution in [0.5, 0.6) is 0 Å². The fourth-order valence-electron chi connectivity index (χ4n) is 3.52. The van der Waals surface area contributed by atoms with Crippen LogP contribution in [0.2, 0.25) is 0 Å². The summed E-state index contributed by atoms with van der Waals surface area (Å²) in [5, 5.41) is 2.81. The van der Waals surface area contributed by atoms with E-state index < -0.39 is 23.6 Å². The first-order valence-corrected chi connectivity index (χ1v) is 9.95. The molecule has 0 saturated carbocycles. The third kappa shape index (κ3) is 5.14. The molecule has 11 heteroatoms. The van der Waals surface area contributed by atoms with Crippen molar-refractivity contribution in [2.75, 3.05) is 25.5 Å². The average molecular weight is 453 g/mol. The van der Waals surface area contributed by atoms with E-state index in [2.05, 4.69) is 15.3 Å². The summed E-state index contributed by atoms with van der Waals surface area (Å²) in [6.45, 7) is 3.95. The van der Waals surface area contributed by atoms with Crippen molar-refractivity contribution in [3.05, 3.63) is 53.1 Å². The van der Waals surface area contributed by atoms with E-state index in [-0.39, 0.29) is 34.9 Å². The van der Waals surface area contributed by atoms with Gasteiger partial charge in [-0.15, -0.1) is 0 Å². The van der Waals surface area contributed by atoms with Crippen molar-refractivity contribution in [3.8, 4) is 0 Å². The van der Waals surface area contributed by atoms with Gasteiger partial charge in [0, 0.05) is 45.0 Å². The van der Waals surface area contributed by atoms with Crippen LogP contribution in [0.4, 0.5) is 23.5 Å². The Bertz CT molecular complexity index is 997. The van der Waals surface area contributed by atoms with Gasteiger partial charge in [0.05, 0.1) is 23.2 Å². The molecule has 1 aliphatic rings. The van der Waals surface area contributed by atoms with Crippen molar-refractivity contribution in [2.24, 2.45) is 0 Å². The molecule has 172 valence electrons. The fraction of sp³-hybridized carbons (Fsp3) is 0.429. The summed E-state index contributed by atoms with van der Waals surface area (Å²) in [5.74, 6) is -1.23. The summed E-state index contributed by atoms with van der Waals surface area (Å²) < 4.78 is 52.3. The molecular weight excluding hydrogens is 430 g/mol. The molecule has 2 heterocycles. The molecule has 0 bridgehead atoms. The number of likely N-dealkylation sites (tertiary alicyclic amines) is 1. The first kappa shape index (κ1) is 23.4. The molecule has 1 aromatic heterocycles. The van der Waals surface area contributed by atoms with Gasteiger partial charge in [-0.25, -0.2) is 14.4 Å². The molecule has 32 heavy (non-hydrogen) atoms. The van der Waals surface area contributed by atoms with Crippen LogP contribution in [0.15, 0.2) is 30.6 Å². The van der Waals surface area contributed by atoms with Crippen molar-refractivity contribution in [1.82, 2.24) is 19.8 Å². The van der Waals surface area contributed by atoms with Crippen molar-refractivity contribution in [2.45, 2.75) is 38.5 Å². The molecule has 0 spiro atoms. The van der Waals surface area contributed by atoms with Gasteiger partial charge in [-0.05, 0) is 25.5 Å². The largest absolute Gasteiger partial charge is 0.416 e. The molecule has 1 fully saturated rings. The molecule has 1 N–H and O–H groups in total. The van der Waals surface area contributed by atoms with Crippen LogP contribution >= 0.6 is 0 Å². The minimum absolute atomic E-state index is 0.0273. The maximum Gasteiger partial charge on any atom is 0.416 e. The van der Waals surface area contributed by atoms with E-state index >= 15 is 0 Å². The fourth-order valence-corrected chi connectivity index (χ4v) is 3.52. The zero-order chi connectivity index (χ0) is 23.6. The number of rotatable bonds is 5. The lowest BCUT2D eigenvalue weighted by atomic mass is 10.0. The van der Waals surface area contributed by atoms with Crippen LogP contribution < -0.4 is 5.32 Å². The molecule has 2 aromatic rings. The summed E-state index contributed by atoms with van der Waals surface area (Å²) in [6.07, 6.45) is -1.29.